The standard InChI is InChI=1S/C21H15Cl2N3O3/c22-15-7-10-17(18(23)11-15)21(29)25-16-8-5-13(6-9-16)20(28)26-24-12-14-3-1-2-4-19(14)27/h1-12,27H,(H,25,29)(H,26,28)/b24-12-. The number of amides is 2. The normalized spacial score (nSPS) is 10.7. The van der Waals surface area contributed by atoms with Crippen LogP contribution in [0.15, 0.2) is 71.8 Å². The number of carbonyl (C=O) groups excluding carboxylic acids is 2. The number of aromatic hydroxyl groups is 1. The third-order valence-corrected chi connectivity index (χ3v) is 4.44. The maximum absolute atomic E-state index is 12.3. The molecule has 3 aromatic rings. The third kappa shape index (κ3) is 5.34. The highest BCUT2D eigenvalue weighted by atomic mass is 35.5. The van der Waals surface area contributed by atoms with E-state index < -0.39 is 11.8 Å². The van der Waals surface area contributed by atoms with E-state index in [-0.39, 0.29) is 16.3 Å². The summed E-state index contributed by atoms with van der Waals surface area (Å²) in [5, 5.41) is 16.9. The molecule has 0 aliphatic carbocycles. The van der Waals surface area contributed by atoms with Gasteiger partial charge in [0.1, 0.15) is 5.75 Å². The van der Waals surface area contributed by atoms with E-state index in [1.807, 2.05) is 0 Å². The van der Waals surface area contributed by atoms with Gasteiger partial charge in [-0.15, -0.1) is 0 Å². The van der Waals surface area contributed by atoms with Crippen LogP contribution in [0.3, 0.4) is 0 Å². The molecule has 3 aromatic carbocycles. The van der Waals surface area contributed by atoms with Gasteiger partial charge in [0.15, 0.2) is 0 Å². The van der Waals surface area contributed by atoms with Crippen LogP contribution in [0.1, 0.15) is 26.3 Å². The van der Waals surface area contributed by atoms with Gasteiger partial charge in [-0.1, -0.05) is 35.3 Å². The lowest BCUT2D eigenvalue weighted by Crippen LogP contribution is -2.18. The van der Waals surface area contributed by atoms with Crippen LogP contribution in [-0.4, -0.2) is 23.1 Å². The largest absolute Gasteiger partial charge is 0.507 e. The highest BCUT2D eigenvalue weighted by Gasteiger charge is 2.11. The highest BCUT2D eigenvalue weighted by molar-refractivity contribution is 6.37. The van der Waals surface area contributed by atoms with E-state index in [0.29, 0.717) is 21.8 Å². The Hall–Kier alpha value is -3.35. The van der Waals surface area contributed by atoms with E-state index >= 15 is 0 Å². The maximum atomic E-state index is 12.3. The summed E-state index contributed by atoms with van der Waals surface area (Å²) >= 11 is 11.9. The number of rotatable bonds is 5. The molecule has 0 radical (unpaired) electrons. The van der Waals surface area contributed by atoms with Crippen molar-refractivity contribution in [1.82, 2.24) is 5.43 Å². The Bertz CT molecular complexity index is 1080. The molecule has 0 unspecified atom stereocenters. The van der Waals surface area contributed by atoms with Gasteiger partial charge in [-0.3, -0.25) is 9.59 Å². The molecular formula is C21H15Cl2N3O3. The minimum absolute atomic E-state index is 0.0615. The van der Waals surface area contributed by atoms with Crippen LogP contribution in [0.25, 0.3) is 0 Å². The summed E-state index contributed by atoms with van der Waals surface area (Å²) in [7, 11) is 0. The number of benzene rings is 3. The van der Waals surface area contributed by atoms with Crippen LogP contribution in [0, 0.1) is 0 Å². The fourth-order valence-corrected chi connectivity index (χ4v) is 2.89. The van der Waals surface area contributed by atoms with Gasteiger partial charge in [-0.25, -0.2) is 5.43 Å². The number of nitrogens with zero attached hydrogens (tertiary/aromatic N) is 1. The van der Waals surface area contributed by atoms with Gasteiger partial charge in [-0.05, 0) is 54.6 Å². The number of hydrogen-bond donors (Lipinski definition) is 3. The molecule has 2 amide bonds. The van der Waals surface area contributed by atoms with E-state index in [0.717, 1.165) is 0 Å². The number of anilines is 1. The first-order chi connectivity index (χ1) is 13.9. The second-order valence-corrected chi connectivity index (χ2v) is 6.76. The molecule has 6 nitrogen and oxygen atoms in total. The smallest absolute Gasteiger partial charge is 0.271 e. The van der Waals surface area contributed by atoms with Gasteiger partial charge in [0, 0.05) is 21.8 Å². The van der Waals surface area contributed by atoms with Gasteiger partial charge in [0.05, 0.1) is 16.8 Å². The van der Waals surface area contributed by atoms with Crippen LogP contribution in [0.5, 0.6) is 5.75 Å². The molecule has 0 spiro atoms. The first-order valence-corrected chi connectivity index (χ1v) is 9.17. The number of carbonyl (C=O) groups is 2. The summed E-state index contributed by atoms with van der Waals surface area (Å²) in [6, 6.07) is 17.5. The minimum Gasteiger partial charge on any atom is -0.507 e. The fraction of sp³-hybridized carbons (Fsp3) is 0. The molecule has 0 fully saturated rings. The number of para-hydroxylation sites is 1. The number of phenolic OH excluding ortho intramolecular Hbond substituents is 1. The first kappa shape index (κ1) is 20.4. The molecule has 8 heteroatoms. The summed E-state index contributed by atoms with van der Waals surface area (Å²) in [4.78, 5) is 24.5. The molecule has 0 aliphatic heterocycles. The Balaban J connectivity index is 1.61. The van der Waals surface area contributed by atoms with Crippen LogP contribution in [0.4, 0.5) is 5.69 Å². The Kier molecular flexibility index (Phi) is 6.49. The van der Waals surface area contributed by atoms with Crippen LogP contribution >= 0.6 is 23.2 Å². The van der Waals surface area contributed by atoms with Crippen molar-refractivity contribution in [2.45, 2.75) is 0 Å². The Morgan fingerprint density at radius 3 is 2.34 bits per heavy atom. The molecule has 0 aromatic heterocycles. The predicted molar refractivity (Wildman–Crippen MR) is 114 cm³/mol. The fourth-order valence-electron chi connectivity index (χ4n) is 2.40. The van der Waals surface area contributed by atoms with Crippen LogP contribution < -0.4 is 10.7 Å². The highest BCUT2D eigenvalue weighted by Crippen LogP contribution is 2.22. The number of hydrogen-bond acceptors (Lipinski definition) is 4. The van der Waals surface area contributed by atoms with Crippen molar-refractivity contribution >= 4 is 46.9 Å². The monoisotopic (exact) mass is 427 g/mol. The number of nitrogens with one attached hydrogen (secondary N) is 2. The zero-order chi connectivity index (χ0) is 20.8. The summed E-state index contributed by atoms with van der Waals surface area (Å²) in [6.45, 7) is 0. The molecule has 0 saturated carbocycles. The van der Waals surface area contributed by atoms with Crippen molar-refractivity contribution in [3.05, 3.63) is 93.5 Å². The van der Waals surface area contributed by atoms with Gasteiger partial charge < -0.3 is 10.4 Å². The summed E-state index contributed by atoms with van der Waals surface area (Å²) in [6.07, 6.45) is 1.34. The lowest BCUT2D eigenvalue weighted by atomic mass is 10.1. The molecular weight excluding hydrogens is 413 g/mol. The summed E-state index contributed by atoms with van der Waals surface area (Å²) < 4.78 is 0. The number of halogens is 2. The average Bonchev–Trinajstić information content (AvgIpc) is 2.69. The first-order valence-electron chi connectivity index (χ1n) is 8.42. The molecule has 0 atom stereocenters. The second kappa shape index (κ2) is 9.23. The van der Waals surface area contributed by atoms with Gasteiger partial charge >= 0.3 is 0 Å². The molecule has 0 saturated heterocycles. The van der Waals surface area contributed by atoms with E-state index in [2.05, 4.69) is 15.8 Å². The van der Waals surface area contributed by atoms with Crippen molar-refractivity contribution in [1.29, 1.82) is 0 Å². The molecule has 29 heavy (non-hydrogen) atoms. The van der Waals surface area contributed by atoms with Crippen LogP contribution in [-0.2, 0) is 0 Å². The third-order valence-electron chi connectivity index (χ3n) is 3.89. The van der Waals surface area contributed by atoms with Crippen molar-refractivity contribution in [3.8, 4) is 5.75 Å². The second-order valence-electron chi connectivity index (χ2n) is 5.91. The van der Waals surface area contributed by atoms with Gasteiger partial charge in [-0.2, -0.15) is 5.10 Å². The SMILES string of the molecule is O=C(N/N=C\c1ccccc1O)c1ccc(NC(=O)c2ccc(Cl)cc2Cl)cc1. The molecule has 0 heterocycles. The van der Waals surface area contributed by atoms with Crippen molar-refractivity contribution < 1.29 is 14.7 Å². The van der Waals surface area contributed by atoms with E-state index in [1.54, 1.807) is 48.5 Å². The molecule has 3 rings (SSSR count). The average molecular weight is 428 g/mol. The number of phenols is 1. The lowest BCUT2D eigenvalue weighted by molar-refractivity contribution is 0.0954. The lowest BCUT2D eigenvalue weighted by Gasteiger charge is -2.08. The molecule has 146 valence electrons. The van der Waals surface area contributed by atoms with Gasteiger partial charge in [0.25, 0.3) is 11.8 Å². The van der Waals surface area contributed by atoms with Crippen LogP contribution in [0.2, 0.25) is 10.0 Å². The van der Waals surface area contributed by atoms with Gasteiger partial charge in [0.2, 0.25) is 0 Å². The van der Waals surface area contributed by atoms with Crippen molar-refractivity contribution in [3.63, 3.8) is 0 Å². The molecule has 0 bridgehead atoms. The Morgan fingerprint density at radius 2 is 1.66 bits per heavy atom. The molecule has 3 N–H and O–H groups in total. The van der Waals surface area contributed by atoms with E-state index in [1.165, 1.54) is 24.4 Å². The Labute approximate surface area is 176 Å². The topological polar surface area (TPSA) is 90.8 Å². The summed E-state index contributed by atoms with van der Waals surface area (Å²) in [5.41, 5.74) is 3.99. The number of hydrazone groups is 1. The predicted octanol–water partition coefficient (Wildman–Crippen LogP) is 4.72. The zero-order valence-corrected chi connectivity index (χ0v) is 16.4. The summed E-state index contributed by atoms with van der Waals surface area (Å²) in [5.74, 6) is -0.766. The maximum Gasteiger partial charge on any atom is 0.271 e. The van der Waals surface area contributed by atoms with E-state index in [9.17, 15) is 14.7 Å². The van der Waals surface area contributed by atoms with Crippen molar-refractivity contribution in [2.75, 3.05) is 5.32 Å². The zero-order valence-electron chi connectivity index (χ0n) is 14.9. The molecule has 0 aliphatic rings. The van der Waals surface area contributed by atoms with E-state index in [4.69, 9.17) is 23.2 Å². The Morgan fingerprint density at radius 1 is 0.931 bits per heavy atom. The van der Waals surface area contributed by atoms with Crippen molar-refractivity contribution in [2.24, 2.45) is 5.10 Å². The minimum atomic E-state index is -0.435. The quantitative estimate of drug-likeness (QED) is 0.406.